The van der Waals surface area contributed by atoms with Crippen LogP contribution in [0.5, 0.6) is 23.0 Å². The van der Waals surface area contributed by atoms with Gasteiger partial charge in [0.05, 0.1) is 33.0 Å². The predicted molar refractivity (Wildman–Crippen MR) is 138 cm³/mol. The molecular weight excluding hydrogens is 474 g/mol. The summed E-state index contributed by atoms with van der Waals surface area (Å²) in [7, 11) is 4.63. The Balaban J connectivity index is 1.79. The molecule has 37 heavy (non-hydrogen) atoms. The Morgan fingerprint density at radius 3 is 2.22 bits per heavy atom. The summed E-state index contributed by atoms with van der Waals surface area (Å²) in [6.07, 6.45) is 0.503. The quantitative estimate of drug-likeness (QED) is 0.519. The number of carbonyl (C=O) groups excluding carboxylic acids is 2. The lowest BCUT2D eigenvalue weighted by atomic mass is 9.71. The van der Waals surface area contributed by atoms with E-state index < -0.39 is 11.9 Å². The number of methoxy groups -OCH3 is 3. The van der Waals surface area contributed by atoms with Crippen LogP contribution < -0.4 is 19.5 Å². The molecule has 0 aromatic heterocycles. The molecule has 0 unspecified atom stereocenters. The molecule has 1 aliphatic heterocycles. The maximum Gasteiger partial charge on any atom is 0.337 e. The predicted octanol–water partition coefficient (Wildman–Crippen LogP) is 4.73. The van der Waals surface area contributed by atoms with Gasteiger partial charge in [0.1, 0.15) is 0 Å². The summed E-state index contributed by atoms with van der Waals surface area (Å²) < 4.78 is 21.6. The van der Waals surface area contributed by atoms with Gasteiger partial charge in [-0.15, -0.1) is 0 Å². The molecule has 8 nitrogen and oxygen atoms in total. The lowest BCUT2D eigenvalue weighted by Gasteiger charge is -2.37. The summed E-state index contributed by atoms with van der Waals surface area (Å²) in [4.78, 5) is 27.0. The molecule has 1 aliphatic carbocycles. The first kappa shape index (κ1) is 26.1. The standard InChI is InChI=1S/C29H33NO7/c1-15(2)37-29(33)26-16(3)30-20-11-19(17-7-10-24(35-5)25(14-17)36-6)13-22(32)28(20)27(26)18-8-9-23(34-4)21(31)12-18/h7-10,12,14-15,19,27,30-31H,11,13H2,1-6H3/t19-,27+/m0/s1. The third-order valence-electron chi connectivity index (χ3n) is 6.81. The van der Waals surface area contributed by atoms with Gasteiger partial charge in [-0.3, -0.25) is 4.79 Å². The van der Waals surface area contributed by atoms with E-state index >= 15 is 0 Å². The van der Waals surface area contributed by atoms with Crippen LogP contribution in [0.25, 0.3) is 0 Å². The number of esters is 1. The number of dihydropyridines is 1. The zero-order chi connectivity index (χ0) is 26.9. The van der Waals surface area contributed by atoms with Gasteiger partial charge < -0.3 is 29.4 Å². The van der Waals surface area contributed by atoms with Crippen LogP contribution in [0.2, 0.25) is 0 Å². The number of hydrogen-bond donors (Lipinski definition) is 2. The van der Waals surface area contributed by atoms with Crippen LogP contribution in [-0.2, 0) is 14.3 Å². The van der Waals surface area contributed by atoms with Crippen LogP contribution in [0.4, 0.5) is 0 Å². The molecule has 8 heteroatoms. The van der Waals surface area contributed by atoms with Gasteiger partial charge >= 0.3 is 5.97 Å². The number of rotatable bonds is 7. The maximum absolute atomic E-state index is 13.8. The third-order valence-corrected chi connectivity index (χ3v) is 6.81. The molecule has 0 spiro atoms. The van der Waals surface area contributed by atoms with E-state index in [1.807, 2.05) is 25.1 Å². The Hall–Kier alpha value is -3.94. The lowest BCUT2D eigenvalue weighted by molar-refractivity contribution is -0.143. The number of ketones is 1. The minimum absolute atomic E-state index is 0.0682. The molecule has 0 saturated heterocycles. The van der Waals surface area contributed by atoms with Crippen LogP contribution in [0, 0.1) is 0 Å². The number of phenolic OH excluding ortho intramolecular Hbond substituents is 1. The van der Waals surface area contributed by atoms with Crippen molar-refractivity contribution in [1.29, 1.82) is 0 Å². The van der Waals surface area contributed by atoms with Crippen LogP contribution in [0.15, 0.2) is 58.9 Å². The van der Waals surface area contributed by atoms with E-state index in [4.69, 9.17) is 18.9 Å². The first-order valence-corrected chi connectivity index (χ1v) is 12.2. The number of hydrogen-bond acceptors (Lipinski definition) is 8. The number of carbonyl (C=O) groups is 2. The van der Waals surface area contributed by atoms with Gasteiger partial charge in [0, 0.05) is 29.3 Å². The monoisotopic (exact) mass is 507 g/mol. The summed E-state index contributed by atoms with van der Waals surface area (Å²) >= 11 is 0. The zero-order valence-electron chi connectivity index (χ0n) is 22.0. The van der Waals surface area contributed by atoms with Gasteiger partial charge in [-0.05, 0) is 68.5 Å². The van der Waals surface area contributed by atoms with Crippen LogP contribution in [-0.4, -0.2) is 44.3 Å². The van der Waals surface area contributed by atoms with Crippen molar-refractivity contribution >= 4 is 11.8 Å². The smallest absolute Gasteiger partial charge is 0.337 e. The molecule has 0 bridgehead atoms. The highest BCUT2D eigenvalue weighted by atomic mass is 16.5. The topological polar surface area (TPSA) is 103 Å². The number of aromatic hydroxyl groups is 1. The van der Waals surface area contributed by atoms with Crippen molar-refractivity contribution in [2.45, 2.75) is 51.6 Å². The van der Waals surface area contributed by atoms with Crippen molar-refractivity contribution in [2.24, 2.45) is 0 Å². The molecule has 1 heterocycles. The summed E-state index contributed by atoms with van der Waals surface area (Å²) in [5.74, 6) is 0.126. The van der Waals surface area contributed by atoms with Crippen molar-refractivity contribution in [1.82, 2.24) is 5.32 Å². The van der Waals surface area contributed by atoms with E-state index in [-0.39, 0.29) is 30.0 Å². The molecule has 0 radical (unpaired) electrons. The van der Waals surface area contributed by atoms with Gasteiger partial charge in [0.25, 0.3) is 0 Å². The summed E-state index contributed by atoms with van der Waals surface area (Å²) in [5.41, 5.74) is 3.82. The third kappa shape index (κ3) is 5.01. The molecular formula is C29H33NO7. The normalized spacial score (nSPS) is 19.4. The van der Waals surface area contributed by atoms with Crippen molar-refractivity contribution in [3.05, 3.63) is 70.1 Å². The Kier molecular flexibility index (Phi) is 7.47. The highest BCUT2D eigenvalue weighted by Crippen LogP contribution is 2.47. The molecule has 2 aliphatic rings. The summed E-state index contributed by atoms with van der Waals surface area (Å²) in [6.45, 7) is 5.37. The molecule has 196 valence electrons. The second-order valence-corrected chi connectivity index (χ2v) is 9.52. The molecule has 0 amide bonds. The first-order valence-electron chi connectivity index (χ1n) is 12.2. The second-order valence-electron chi connectivity index (χ2n) is 9.52. The lowest BCUT2D eigenvalue weighted by Crippen LogP contribution is -2.36. The Labute approximate surface area is 216 Å². The SMILES string of the molecule is COc1ccc([C@@H]2C(C(=O)OC(C)C)=C(C)NC3=C2C(=O)C[C@@H](c2ccc(OC)c(OC)c2)C3)cc1O. The number of phenols is 1. The molecule has 2 atom stereocenters. The highest BCUT2D eigenvalue weighted by Gasteiger charge is 2.42. The fraction of sp³-hybridized carbons (Fsp3) is 0.379. The van der Waals surface area contributed by atoms with Crippen molar-refractivity contribution in [3.63, 3.8) is 0 Å². The fourth-order valence-electron chi connectivity index (χ4n) is 5.15. The van der Waals surface area contributed by atoms with E-state index in [9.17, 15) is 14.7 Å². The van der Waals surface area contributed by atoms with Crippen molar-refractivity contribution in [3.8, 4) is 23.0 Å². The molecule has 0 fully saturated rings. The Morgan fingerprint density at radius 2 is 1.59 bits per heavy atom. The van der Waals surface area contributed by atoms with E-state index in [2.05, 4.69) is 5.32 Å². The van der Waals surface area contributed by atoms with Crippen LogP contribution in [0.3, 0.4) is 0 Å². The average Bonchev–Trinajstić information content (AvgIpc) is 2.86. The van der Waals surface area contributed by atoms with Crippen LogP contribution in [0.1, 0.15) is 56.6 Å². The highest BCUT2D eigenvalue weighted by molar-refractivity contribution is 6.04. The maximum atomic E-state index is 13.8. The number of ether oxygens (including phenoxy) is 4. The second kappa shape index (κ2) is 10.6. The van der Waals surface area contributed by atoms with Crippen molar-refractivity contribution < 1.29 is 33.6 Å². The van der Waals surface area contributed by atoms with E-state index in [1.165, 1.54) is 7.11 Å². The number of allylic oxidation sites excluding steroid dienone is 3. The molecule has 2 aromatic rings. The number of nitrogens with one attached hydrogen (secondary N) is 1. The average molecular weight is 508 g/mol. The van der Waals surface area contributed by atoms with Gasteiger partial charge in [0.15, 0.2) is 28.8 Å². The Morgan fingerprint density at radius 1 is 0.946 bits per heavy atom. The number of benzene rings is 2. The minimum atomic E-state index is -0.682. The largest absolute Gasteiger partial charge is 0.504 e. The van der Waals surface area contributed by atoms with Gasteiger partial charge in [0.2, 0.25) is 0 Å². The van der Waals surface area contributed by atoms with Crippen LogP contribution >= 0.6 is 0 Å². The summed E-state index contributed by atoms with van der Waals surface area (Å²) in [6, 6.07) is 10.6. The van der Waals surface area contributed by atoms with Gasteiger partial charge in [-0.25, -0.2) is 4.79 Å². The molecule has 2 N–H and O–H groups in total. The molecule has 4 rings (SSSR count). The van der Waals surface area contributed by atoms with Gasteiger partial charge in [-0.2, -0.15) is 0 Å². The van der Waals surface area contributed by atoms with E-state index in [1.54, 1.807) is 46.3 Å². The first-order chi connectivity index (χ1) is 17.7. The Bertz CT molecular complexity index is 1290. The summed E-state index contributed by atoms with van der Waals surface area (Å²) in [5, 5.41) is 13.8. The zero-order valence-corrected chi connectivity index (χ0v) is 22.0. The fourth-order valence-corrected chi connectivity index (χ4v) is 5.15. The number of Topliss-reactive ketones (excluding diaryl/α,β-unsaturated/α-hetero) is 1. The minimum Gasteiger partial charge on any atom is -0.504 e. The van der Waals surface area contributed by atoms with Gasteiger partial charge in [-0.1, -0.05) is 12.1 Å². The van der Waals surface area contributed by atoms with E-state index in [0.29, 0.717) is 46.1 Å². The molecule has 0 saturated carbocycles. The van der Waals surface area contributed by atoms with E-state index in [0.717, 1.165) is 11.3 Å². The van der Waals surface area contributed by atoms with Crippen molar-refractivity contribution in [2.75, 3.05) is 21.3 Å². The molecule has 2 aromatic carbocycles.